The van der Waals surface area contributed by atoms with Crippen LogP contribution in [0.2, 0.25) is 0 Å². The Kier molecular flexibility index (Phi) is 5.30. The summed E-state index contributed by atoms with van der Waals surface area (Å²) in [5, 5.41) is 20.4. The van der Waals surface area contributed by atoms with Gasteiger partial charge in [-0.1, -0.05) is 12.1 Å². The summed E-state index contributed by atoms with van der Waals surface area (Å²) in [4.78, 5) is 4.58. The number of sulfonamides is 1. The van der Waals surface area contributed by atoms with Crippen LogP contribution in [-0.2, 0) is 21.8 Å². The van der Waals surface area contributed by atoms with Crippen LogP contribution in [0.3, 0.4) is 0 Å². The van der Waals surface area contributed by atoms with Crippen molar-refractivity contribution in [2.24, 2.45) is 7.05 Å². The highest BCUT2D eigenvalue weighted by Crippen LogP contribution is 2.27. The van der Waals surface area contributed by atoms with Crippen molar-refractivity contribution in [1.29, 1.82) is 5.26 Å². The second kappa shape index (κ2) is 7.91. The van der Waals surface area contributed by atoms with E-state index in [9.17, 15) is 18.8 Å². The number of para-hydroxylation sites is 2. The Bertz CT molecular complexity index is 1260. The molecule has 30 heavy (non-hydrogen) atoms. The van der Waals surface area contributed by atoms with Crippen LogP contribution in [-0.4, -0.2) is 53.7 Å². The van der Waals surface area contributed by atoms with Crippen LogP contribution in [0.5, 0.6) is 0 Å². The van der Waals surface area contributed by atoms with E-state index in [1.807, 2.05) is 30.3 Å². The van der Waals surface area contributed by atoms with Gasteiger partial charge in [0.1, 0.15) is 17.4 Å². The van der Waals surface area contributed by atoms with Crippen molar-refractivity contribution < 1.29 is 18.3 Å². The largest absolute Gasteiger partial charge is 0.506 e. The van der Waals surface area contributed by atoms with E-state index < -0.39 is 10.0 Å². The van der Waals surface area contributed by atoms with Crippen molar-refractivity contribution in [2.75, 3.05) is 26.3 Å². The van der Waals surface area contributed by atoms with E-state index in [1.165, 1.54) is 28.6 Å². The molecule has 1 saturated heterocycles. The zero-order valence-corrected chi connectivity index (χ0v) is 17.1. The van der Waals surface area contributed by atoms with Gasteiger partial charge in [0.15, 0.2) is 5.82 Å². The lowest BCUT2D eigenvalue weighted by atomic mass is 10.1. The van der Waals surface area contributed by atoms with E-state index in [-0.39, 0.29) is 16.2 Å². The van der Waals surface area contributed by atoms with Crippen LogP contribution in [0.1, 0.15) is 11.4 Å². The van der Waals surface area contributed by atoms with E-state index >= 15 is 0 Å². The molecule has 0 spiro atoms. The van der Waals surface area contributed by atoms with Crippen LogP contribution < -0.4 is 0 Å². The maximum atomic E-state index is 12.8. The number of benzene rings is 2. The molecule has 0 unspecified atom stereocenters. The first-order valence-corrected chi connectivity index (χ1v) is 10.8. The molecule has 8 nitrogen and oxygen atoms in total. The molecule has 0 radical (unpaired) electrons. The molecule has 0 atom stereocenters. The minimum absolute atomic E-state index is 0.0116. The van der Waals surface area contributed by atoms with Crippen molar-refractivity contribution in [3.05, 3.63) is 59.9 Å². The molecule has 3 aromatic rings. The lowest BCUT2D eigenvalue weighted by Crippen LogP contribution is -2.40. The van der Waals surface area contributed by atoms with E-state index in [2.05, 4.69) is 4.98 Å². The lowest BCUT2D eigenvalue weighted by molar-refractivity contribution is 0.0730. The Balaban J connectivity index is 1.71. The first-order valence-electron chi connectivity index (χ1n) is 9.37. The molecule has 0 bridgehead atoms. The second-order valence-electron chi connectivity index (χ2n) is 6.86. The van der Waals surface area contributed by atoms with Crippen molar-refractivity contribution in [2.45, 2.75) is 4.90 Å². The number of aryl methyl sites for hydroxylation is 1. The number of morpholine rings is 1. The highest BCUT2D eigenvalue weighted by Gasteiger charge is 2.26. The maximum absolute atomic E-state index is 12.8. The topological polar surface area (TPSA) is 108 Å². The van der Waals surface area contributed by atoms with Gasteiger partial charge in [0, 0.05) is 25.7 Å². The number of rotatable bonds is 4. The molecular weight excluding hydrogens is 404 g/mol. The molecule has 1 aromatic heterocycles. The summed E-state index contributed by atoms with van der Waals surface area (Å²) in [5.41, 5.74) is 1.89. The monoisotopic (exact) mass is 424 g/mol. The van der Waals surface area contributed by atoms with Crippen LogP contribution in [0, 0.1) is 11.3 Å². The summed E-state index contributed by atoms with van der Waals surface area (Å²) in [7, 11) is -1.86. The standard InChI is InChI=1S/C21H20N4O4S/c1-24-19-5-3-2-4-18(19)23-21(24)17(14-22)20(26)15-6-8-16(9-7-15)30(27,28)25-10-12-29-13-11-25/h2-9,26H,10-13H2,1H3/b20-17-. The van der Waals surface area contributed by atoms with Crippen molar-refractivity contribution >= 4 is 32.4 Å². The number of imidazole rings is 1. The SMILES string of the molecule is Cn1c(/C(C#N)=C(\O)c2ccc(S(=O)(=O)N3CCOCC3)cc2)nc2ccccc21. The van der Waals surface area contributed by atoms with Gasteiger partial charge in [0.05, 0.1) is 29.1 Å². The Morgan fingerprint density at radius 2 is 1.80 bits per heavy atom. The van der Waals surface area contributed by atoms with Gasteiger partial charge >= 0.3 is 0 Å². The Morgan fingerprint density at radius 3 is 2.43 bits per heavy atom. The maximum Gasteiger partial charge on any atom is 0.243 e. The van der Waals surface area contributed by atoms with Crippen LogP contribution in [0.25, 0.3) is 22.4 Å². The van der Waals surface area contributed by atoms with Crippen LogP contribution in [0.15, 0.2) is 53.4 Å². The molecular formula is C21H20N4O4S. The first kappa shape index (κ1) is 20.1. The number of allylic oxidation sites excluding steroid dienone is 1. The fraction of sp³-hybridized carbons (Fsp3) is 0.238. The number of hydrogen-bond donors (Lipinski definition) is 1. The van der Waals surface area contributed by atoms with Crippen LogP contribution >= 0.6 is 0 Å². The van der Waals surface area contributed by atoms with Crippen LogP contribution in [0.4, 0.5) is 0 Å². The molecule has 2 heterocycles. The number of aliphatic hydroxyl groups excluding tert-OH is 1. The third kappa shape index (κ3) is 3.45. The van der Waals surface area contributed by atoms with Gasteiger partial charge < -0.3 is 14.4 Å². The van der Waals surface area contributed by atoms with Crippen molar-refractivity contribution in [3.8, 4) is 6.07 Å². The van der Waals surface area contributed by atoms with Crippen molar-refractivity contribution in [3.63, 3.8) is 0 Å². The van der Waals surface area contributed by atoms with E-state index in [1.54, 1.807) is 11.6 Å². The lowest BCUT2D eigenvalue weighted by Gasteiger charge is -2.26. The summed E-state index contributed by atoms with van der Waals surface area (Å²) in [6, 6.07) is 15.3. The van der Waals surface area contributed by atoms with Crippen molar-refractivity contribution in [1.82, 2.24) is 13.9 Å². The number of ether oxygens (including phenoxy) is 1. The summed E-state index contributed by atoms with van der Waals surface area (Å²) < 4.78 is 33.8. The van der Waals surface area contributed by atoms with Gasteiger partial charge in [0.2, 0.25) is 10.0 Å². The van der Waals surface area contributed by atoms with Gasteiger partial charge in [-0.3, -0.25) is 0 Å². The van der Waals surface area contributed by atoms with Gasteiger partial charge in [-0.2, -0.15) is 9.57 Å². The molecule has 4 rings (SSSR count). The van der Waals surface area contributed by atoms with E-state index in [4.69, 9.17) is 4.74 Å². The predicted molar refractivity (Wildman–Crippen MR) is 112 cm³/mol. The Hall–Kier alpha value is -3.19. The highest BCUT2D eigenvalue weighted by atomic mass is 32.2. The third-order valence-corrected chi connectivity index (χ3v) is 7.01. The van der Waals surface area contributed by atoms with Gasteiger partial charge in [-0.05, 0) is 36.4 Å². The fourth-order valence-electron chi connectivity index (χ4n) is 3.44. The Labute approximate surface area is 174 Å². The third-order valence-electron chi connectivity index (χ3n) is 5.09. The minimum Gasteiger partial charge on any atom is -0.506 e. The first-order chi connectivity index (χ1) is 14.4. The molecule has 1 N–H and O–H groups in total. The molecule has 0 saturated carbocycles. The van der Waals surface area contributed by atoms with E-state index in [0.29, 0.717) is 43.2 Å². The molecule has 9 heteroatoms. The number of aliphatic hydroxyl groups is 1. The summed E-state index contributed by atoms with van der Waals surface area (Å²) in [6.07, 6.45) is 0. The normalized spacial score (nSPS) is 16.3. The quantitative estimate of drug-likeness (QED) is 0.509. The molecule has 154 valence electrons. The average molecular weight is 424 g/mol. The van der Waals surface area contributed by atoms with Gasteiger partial charge in [0.25, 0.3) is 0 Å². The molecule has 0 aliphatic carbocycles. The number of nitrogens with zero attached hydrogens (tertiary/aromatic N) is 4. The summed E-state index contributed by atoms with van der Waals surface area (Å²) in [5.74, 6) is 0.0763. The summed E-state index contributed by atoms with van der Waals surface area (Å²) >= 11 is 0. The number of hydrogen-bond acceptors (Lipinski definition) is 6. The second-order valence-corrected chi connectivity index (χ2v) is 8.80. The average Bonchev–Trinajstić information content (AvgIpc) is 3.11. The van der Waals surface area contributed by atoms with Gasteiger partial charge in [-0.15, -0.1) is 0 Å². The number of fused-ring (bicyclic) bond motifs is 1. The Morgan fingerprint density at radius 1 is 1.13 bits per heavy atom. The zero-order chi connectivity index (χ0) is 21.3. The number of nitriles is 1. The minimum atomic E-state index is -3.63. The van der Waals surface area contributed by atoms with Gasteiger partial charge in [-0.25, -0.2) is 13.4 Å². The molecule has 0 amide bonds. The molecule has 1 aliphatic rings. The molecule has 1 aliphatic heterocycles. The molecule has 1 fully saturated rings. The number of aromatic nitrogens is 2. The smallest absolute Gasteiger partial charge is 0.243 e. The molecule has 2 aromatic carbocycles. The highest BCUT2D eigenvalue weighted by molar-refractivity contribution is 7.89. The van der Waals surface area contributed by atoms with E-state index in [0.717, 1.165) is 5.52 Å². The summed E-state index contributed by atoms with van der Waals surface area (Å²) in [6.45, 7) is 1.34. The predicted octanol–water partition coefficient (Wildman–Crippen LogP) is 2.54. The zero-order valence-electron chi connectivity index (χ0n) is 16.3. The fourth-order valence-corrected chi connectivity index (χ4v) is 4.85.